The molecule has 2 aromatic heterocycles. The van der Waals surface area contributed by atoms with E-state index in [1.807, 2.05) is 0 Å². The summed E-state index contributed by atoms with van der Waals surface area (Å²) in [5.41, 5.74) is 2.76. The molecular weight excluding hydrogens is 597 g/mol. The molecule has 0 radical (unpaired) electrons. The number of nitrogens with one attached hydrogen (secondary N) is 1. The number of nitrogens with zero attached hydrogens (tertiary/aromatic N) is 4. The quantitative estimate of drug-likeness (QED) is 0.144. The topological polar surface area (TPSA) is 94.9 Å². The summed E-state index contributed by atoms with van der Waals surface area (Å²) in [6, 6.07) is 18.9. The maximum Gasteiger partial charge on any atom is 0.408 e. The van der Waals surface area contributed by atoms with Crippen LogP contribution in [0.3, 0.4) is 0 Å². The molecule has 0 spiro atoms. The summed E-state index contributed by atoms with van der Waals surface area (Å²) >= 11 is 0. The Balaban J connectivity index is 1.24. The Labute approximate surface area is 252 Å². The van der Waals surface area contributed by atoms with Crippen molar-refractivity contribution in [3.63, 3.8) is 0 Å². The van der Waals surface area contributed by atoms with Crippen LogP contribution in [0.4, 0.5) is 22.0 Å². The van der Waals surface area contributed by atoms with Crippen molar-refractivity contribution in [3.8, 4) is 45.4 Å². The minimum atomic E-state index is -4.44. The number of H-pyrrole nitrogens is 1. The van der Waals surface area contributed by atoms with Crippen molar-refractivity contribution >= 4 is 17.0 Å². The zero-order chi connectivity index (χ0) is 31.9. The van der Waals surface area contributed by atoms with E-state index in [1.54, 1.807) is 67.6 Å². The Hall–Kier alpha value is -5.59. The molecule has 45 heavy (non-hydrogen) atoms. The van der Waals surface area contributed by atoms with Gasteiger partial charge in [-0.1, -0.05) is 54.6 Å². The lowest BCUT2D eigenvalue weighted by Crippen LogP contribution is -2.19. The van der Waals surface area contributed by atoms with Crippen molar-refractivity contribution in [2.45, 2.75) is 19.6 Å². The maximum absolute atomic E-state index is 15.7. The van der Waals surface area contributed by atoms with Crippen molar-refractivity contribution in [2.75, 3.05) is 7.11 Å². The SMILES string of the molecule is COC(=O)c1cc(Oc2nc3c(F)c(-c4ccc(-c5ccc(-c6ncnn6CC(F)(F)F)cc5)cc4)c(F)cc3[nH]2)ccc1C. The molecule has 6 rings (SSSR count). The van der Waals surface area contributed by atoms with Gasteiger partial charge in [-0.05, 0) is 41.3 Å². The zero-order valence-electron chi connectivity index (χ0n) is 23.6. The summed E-state index contributed by atoms with van der Waals surface area (Å²) in [5, 5.41) is 3.66. The Kier molecular flexibility index (Phi) is 7.52. The minimum Gasteiger partial charge on any atom is -0.465 e. The number of rotatable bonds is 7. The average molecular weight is 620 g/mol. The third-order valence-electron chi connectivity index (χ3n) is 7.07. The van der Waals surface area contributed by atoms with Gasteiger partial charge < -0.3 is 14.5 Å². The Bertz CT molecular complexity index is 2030. The summed E-state index contributed by atoms with van der Waals surface area (Å²) in [4.78, 5) is 22.9. The normalized spacial score (nSPS) is 11.6. The Morgan fingerprint density at radius 2 is 1.56 bits per heavy atom. The molecule has 0 unspecified atom stereocenters. The van der Waals surface area contributed by atoms with E-state index in [0.717, 1.165) is 22.6 Å². The van der Waals surface area contributed by atoms with Crippen LogP contribution in [0.1, 0.15) is 15.9 Å². The monoisotopic (exact) mass is 619 g/mol. The van der Waals surface area contributed by atoms with E-state index < -0.39 is 30.3 Å². The van der Waals surface area contributed by atoms with Gasteiger partial charge in [-0.2, -0.15) is 23.3 Å². The predicted octanol–water partition coefficient (Wildman–Crippen LogP) is 7.88. The number of benzene rings is 4. The number of halogens is 5. The highest BCUT2D eigenvalue weighted by Crippen LogP contribution is 2.34. The van der Waals surface area contributed by atoms with E-state index in [9.17, 15) is 18.0 Å². The molecule has 0 saturated heterocycles. The predicted molar refractivity (Wildman–Crippen MR) is 155 cm³/mol. The van der Waals surface area contributed by atoms with Gasteiger partial charge in [-0.25, -0.2) is 23.2 Å². The fourth-order valence-electron chi connectivity index (χ4n) is 4.89. The molecule has 0 bridgehead atoms. The molecule has 2 heterocycles. The van der Waals surface area contributed by atoms with Crippen molar-refractivity contribution in [3.05, 3.63) is 102 Å². The second kappa shape index (κ2) is 11.5. The first kappa shape index (κ1) is 29.5. The van der Waals surface area contributed by atoms with Crippen molar-refractivity contribution in [1.82, 2.24) is 24.7 Å². The number of alkyl halides is 3. The van der Waals surface area contributed by atoms with Gasteiger partial charge in [-0.15, -0.1) is 0 Å². The summed E-state index contributed by atoms with van der Waals surface area (Å²) in [5.74, 6) is -1.94. The van der Waals surface area contributed by atoms with Crippen LogP contribution in [0.25, 0.3) is 44.7 Å². The van der Waals surface area contributed by atoms with Crippen LogP contribution in [0.2, 0.25) is 0 Å². The summed E-state index contributed by atoms with van der Waals surface area (Å²) in [6.45, 7) is 0.474. The number of esters is 1. The highest BCUT2D eigenvalue weighted by molar-refractivity contribution is 5.91. The number of hydrogen-bond donors (Lipinski definition) is 1. The number of ether oxygens (including phenoxy) is 2. The van der Waals surface area contributed by atoms with Gasteiger partial charge in [0.1, 0.15) is 30.0 Å². The van der Waals surface area contributed by atoms with Crippen molar-refractivity contribution in [1.29, 1.82) is 0 Å². The molecule has 1 N–H and O–H groups in total. The van der Waals surface area contributed by atoms with E-state index in [-0.39, 0.29) is 45.3 Å². The van der Waals surface area contributed by atoms with Crippen LogP contribution in [-0.4, -0.2) is 44.0 Å². The van der Waals surface area contributed by atoms with Crippen LogP contribution >= 0.6 is 0 Å². The highest BCUT2D eigenvalue weighted by Gasteiger charge is 2.30. The molecule has 4 aromatic carbocycles. The first-order chi connectivity index (χ1) is 21.5. The number of aromatic nitrogens is 5. The Morgan fingerprint density at radius 1 is 0.911 bits per heavy atom. The first-order valence-electron chi connectivity index (χ1n) is 13.4. The standard InChI is InChI=1S/C32H22F5N5O3/c1-17-3-12-22(13-23(17)30(43)44-2)45-31-40-25-14-24(33)26(27(34)28(25)41-31)20-8-4-18(5-9-20)19-6-10-21(11-7-19)29-38-16-39-42(29)15-32(35,36)37/h3-14,16H,15H2,1-2H3,(H,40,41). The third-order valence-corrected chi connectivity index (χ3v) is 7.07. The summed E-state index contributed by atoms with van der Waals surface area (Å²) in [7, 11) is 1.26. The molecule has 0 atom stereocenters. The second-order valence-electron chi connectivity index (χ2n) is 10.1. The van der Waals surface area contributed by atoms with Gasteiger partial charge in [0.25, 0.3) is 6.01 Å². The molecule has 0 fully saturated rings. The van der Waals surface area contributed by atoms with Gasteiger partial charge in [-0.3, -0.25) is 0 Å². The van der Waals surface area contributed by atoms with Gasteiger partial charge in [0.15, 0.2) is 11.6 Å². The lowest BCUT2D eigenvalue weighted by molar-refractivity contribution is -0.142. The number of imidazole rings is 1. The molecule has 0 amide bonds. The lowest BCUT2D eigenvalue weighted by Gasteiger charge is -2.10. The van der Waals surface area contributed by atoms with E-state index in [1.165, 1.54) is 13.2 Å². The number of aryl methyl sites for hydroxylation is 1. The van der Waals surface area contributed by atoms with Crippen LogP contribution < -0.4 is 4.74 Å². The van der Waals surface area contributed by atoms with Crippen LogP contribution in [0.15, 0.2) is 79.1 Å². The molecule has 6 aromatic rings. The summed E-state index contributed by atoms with van der Waals surface area (Å²) in [6.07, 6.45) is -3.38. The van der Waals surface area contributed by atoms with Crippen molar-refractivity contribution < 1.29 is 36.2 Å². The lowest BCUT2D eigenvalue weighted by atomic mass is 9.98. The molecule has 0 aliphatic rings. The molecule has 0 aliphatic heterocycles. The van der Waals surface area contributed by atoms with Gasteiger partial charge in [0.05, 0.1) is 23.8 Å². The second-order valence-corrected chi connectivity index (χ2v) is 10.1. The van der Waals surface area contributed by atoms with Gasteiger partial charge in [0.2, 0.25) is 0 Å². The van der Waals surface area contributed by atoms with Gasteiger partial charge in [0, 0.05) is 11.6 Å². The molecule has 13 heteroatoms. The third kappa shape index (κ3) is 5.96. The van der Waals surface area contributed by atoms with Gasteiger partial charge >= 0.3 is 12.1 Å². The fourth-order valence-corrected chi connectivity index (χ4v) is 4.89. The summed E-state index contributed by atoms with van der Waals surface area (Å²) < 4.78 is 80.7. The van der Waals surface area contributed by atoms with E-state index in [4.69, 9.17) is 9.47 Å². The number of carbonyl (C=O) groups is 1. The Morgan fingerprint density at radius 3 is 2.20 bits per heavy atom. The van der Waals surface area contributed by atoms with Crippen molar-refractivity contribution in [2.24, 2.45) is 0 Å². The number of aromatic amines is 1. The largest absolute Gasteiger partial charge is 0.465 e. The first-order valence-corrected chi connectivity index (χ1v) is 13.4. The van der Waals surface area contributed by atoms with Crippen LogP contribution in [-0.2, 0) is 11.3 Å². The maximum atomic E-state index is 15.7. The highest BCUT2D eigenvalue weighted by atomic mass is 19.4. The smallest absolute Gasteiger partial charge is 0.408 e. The number of hydrogen-bond acceptors (Lipinski definition) is 6. The minimum absolute atomic E-state index is 0.0758. The zero-order valence-corrected chi connectivity index (χ0v) is 23.6. The fraction of sp³-hybridized carbons (Fsp3) is 0.125. The average Bonchev–Trinajstić information content (AvgIpc) is 3.64. The van der Waals surface area contributed by atoms with Crippen LogP contribution in [0, 0.1) is 18.6 Å². The van der Waals surface area contributed by atoms with Crippen LogP contribution in [0.5, 0.6) is 11.8 Å². The molecule has 0 saturated carbocycles. The molecule has 0 aliphatic carbocycles. The van der Waals surface area contributed by atoms with E-state index >= 15 is 8.78 Å². The number of fused-ring (bicyclic) bond motifs is 1. The van der Waals surface area contributed by atoms with E-state index in [2.05, 4.69) is 20.1 Å². The number of methoxy groups -OCH3 is 1. The molecular formula is C32H22F5N5O3. The van der Waals surface area contributed by atoms with E-state index in [0.29, 0.717) is 16.7 Å². The molecule has 8 nitrogen and oxygen atoms in total. The molecule has 228 valence electrons. The number of carbonyl (C=O) groups excluding carboxylic acids is 1.